The number of hydrogen-bond acceptors (Lipinski definition) is 4. The molecule has 0 aromatic carbocycles. The van der Waals surface area contributed by atoms with Gasteiger partial charge >= 0.3 is 5.97 Å². The molecule has 0 aliphatic heterocycles. The van der Waals surface area contributed by atoms with Gasteiger partial charge in [-0.1, -0.05) is 6.92 Å². The lowest BCUT2D eigenvalue weighted by Crippen LogP contribution is -2.30. The van der Waals surface area contributed by atoms with Gasteiger partial charge in [-0.3, -0.25) is 9.59 Å². The fourth-order valence-electron chi connectivity index (χ4n) is 1.08. The van der Waals surface area contributed by atoms with Crippen LogP contribution < -0.4 is 0 Å². The molecule has 0 aliphatic carbocycles. The number of hydrogen-bond donors (Lipinski definition) is 0. The third-order valence-corrected chi connectivity index (χ3v) is 2.11. The lowest BCUT2D eigenvalue weighted by atomic mass is 10.3. The van der Waals surface area contributed by atoms with E-state index < -0.39 is 0 Å². The van der Waals surface area contributed by atoms with E-state index in [1.54, 1.807) is 7.05 Å². The zero-order valence-corrected chi connectivity index (χ0v) is 10.3. The summed E-state index contributed by atoms with van der Waals surface area (Å²) in [4.78, 5) is 23.9. The van der Waals surface area contributed by atoms with Gasteiger partial charge < -0.3 is 14.4 Å². The summed E-state index contributed by atoms with van der Waals surface area (Å²) in [5, 5.41) is 0. The molecular weight excluding hydrogens is 210 g/mol. The summed E-state index contributed by atoms with van der Waals surface area (Å²) in [5.74, 6) is -0.318. The van der Waals surface area contributed by atoms with Crippen LogP contribution in [0.1, 0.15) is 26.2 Å². The first-order chi connectivity index (χ1) is 7.61. The lowest BCUT2D eigenvalue weighted by molar-refractivity contribution is -0.141. The van der Waals surface area contributed by atoms with Crippen molar-refractivity contribution in [3.63, 3.8) is 0 Å². The third kappa shape index (κ3) is 7.23. The highest BCUT2D eigenvalue weighted by Crippen LogP contribution is 1.95. The Balaban J connectivity index is 3.61. The zero-order chi connectivity index (χ0) is 12.4. The Hall–Kier alpha value is -1.10. The molecule has 0 aromatic heterocycles. The summed E-state index contributed by atoms with van der Waals surface area (Å²) in [6.45, 7) is 3.53. The average Bonchev–Trinajstić information content (AvgIpc) is 2.30. The van der Waals surface area contributed by atoms with Crippen LogP contribution in [0.4, 0.5) is 0 Å². The standard InChI is InChI=1S/C11H21NO4/c1-4-8-16-9-6-10(13)12(2)7-5-11(14)15-3/h4-9H2,1-3H3. The smallest absolute Gasteiger partial charge is 0.307 e. The lowest BCUT2D eigenvalue weighted by Gasteiger charge is -2.16. The number of carbonyl (C=O) groups is 2. The zero-order valence-electron chi connectivity index (χ0n) is 10.3. The molecule has 16 heavy (non-hydrogen) atoms. The largest absolute Gasteiger partial charge is 0.469 e. The summed E-state index contributed by atoms with van der Waals surface area (Å²) < 4.78 is 9.70. The molecule has 0 unspecified atom stereocenters. The highest BCUT2D eigenvalue weighted by molar-refractivity contribution is 5.77. The Bertz CT molecular complexity index is 218. The first-order valence-electron chi connectivity index (χ1n) is 5.50. The summed E-state index contributed by atoms with van der Waals surface area (Å²) in [6.07, 6.45) is 1.54. The first kappa shape index (κ1) is 14.9. The Morgan fingerprint density at radius 3 is 2.44 bits per heavy atom. The van der Waals surface area contributed by atoms with E-state index in [2.05, 4.69) is 4.74 Å². The van der Waals surface area contributed by atoms with Crippen molar-refractivity contribution in [2.24, 2.45) is 0 Å². The van der Waals surface area contributed by atoms with Gasteiger partial charge in [0.1, 0.15) is 0 Å². The van der Waals surface area contributed by atoms with Crippen LogP contribution in [0, 0.1) is 0 Å². The fourth-order valence-corrected chi connectivity index (χ4v) is 1.08. The van der Waals surface area contributed by atoms with E-state index in [1.165, 1.54) is 12.0 Å². The summed E-state index contributed by atoms with van der Waals surface area (Å²) in [5.41, 5.74) is 0. The quantitative estimate of drug-likeness (QED) is 0.458. The molecule has 0 saturated heterocycles. The molecule has 0 atom stereocenters. The summed E-state index contributed by atoms with van der Waals surface area (Å²) in [6, 6.07) is 0. The van der Waals surface area contributed by atoms with Crippen LogP contribution >= 0.6 is 0 Å². The fraction of sp³-hybridized carbons (Fsp3) is 0.818. The maximum absolute atomic E-state index is 11.5. The van der Waals surface area contributed by atoms with Gasteiger partial charge in [-0.25, -0.2) is 0 Å². The molecule has 0 aromatic rings. The predicted octanol–water partition coefficient (Wildman–Crippen LogP) is 0.825. The third-order valence-electron chi connectivity index (χ3n) is 2.11. The number of carbonyl (C=O) groups excluding carboxylic acids is 2. The van der Waals surface area contributed by atoms with Gasteiger partial charge in [0.25, 0.3) is 0 Å². The predicted molar refractivity (Wildman–Crippen MR) is 60.0 cm³/mol. The highest BCUT2D eigenvalue weighted by Gasteiger charge is 2.10. The van der Waals surface area contributed by atoms with Crippen LogP contribution in [-0.2, 0) is 19.1 Å². The minimum atomic E-state index is -0.304. The van der Waals surface area contributed by atoms with E-state index in [0.29, 0.717) is 26.2 Å². The molecule has 0 rings (SSSR count). The van der Waals surface area contributed by atoms with Gasteiger partial charge in [0.05, 0.1) is 26.6 Å². The van der Waals surface area contributed by atoms with Crippen LogP contribution in [0.5, 0.6) is 0 Å². The van der Waals surface area contributed by atoms with Crippen molar-refractivity contribution >= 4 is 11.9 Å². The molecule has 0 fully saturated rings. The van der Waals surface area contributed by atoms with E-state index in [4.69, 9.17) is 4.74 Å². The second kappa shape index (κ2) is 9.15. The van der Waals surface area contributed by atoms with Crippen molar-refractivity contribution < 1.29 is 19.1 Å². The van der Waals surface area contributed by atoms with Crippen molar-refractivity contribution in [3.05, 3.63) is 0 Å². The molecule has 0 saturated carbocycles. The molecule has 0 heterocycles. The normalized spacial score (nSPS) is 9.94. The van der Waals surface area contributed by atoms with Gasteiger partial charge in [-0.05, 0) is 6.42 Å². The van der Waals surface area contributed by atoms with Crippen LogP contribution in [-0.4, -0.2) is 50.7 Å². The minimum absolute atomic E-state index is 0.0139. The van der Waals surface area contributed by atoms with Gasteiger partial charge in [0.15, 0.2) is 0 Å². The number of esters is 1. The Morgan fingerprint density at radius 1 is 1.19 bits per heavy atom. The van der Waals surface area contributed by atoms with Crippen molar-refractivity contribution in [3.8, 4) is 0 Å². The minimum Gasteiger partial charge on any atom is -0.469 e. The average molecular weight is 231 g/mol. The molecule has 5 nitrogen and oxygen atoms in total. The van der Waals surface area contributed by atoms with Crippen molar-refractivity contribution in [1.82, 2.24) is 4.90 Å². The molecule has 0 spiro atoms. The molecule has 1 amide bonds. The van der Waals surface area contributed by atoms with Crippen molar-refractivity contribution in [2.45, 2.75) is 26.2 Å². The maximum Gasteiger partial charge on any atom is 0.307 e. The molecule has 0 radical (unpaired) electrons. The number of amides is 1. The number of ether oxygens (including phenoxy) is 2. The van der Waals surface area contributed by atoms with E-state index in [0.717, 1.165) is 6.42 Å². The molecular formula is C11H21NO4. The highest BCUT2D eigenvalue weighted by atomic mass is 16.5. The van der Waals surface area contributed by atoms with Crippen LogP contribution in [0.3, 0.4) is 0 Å². The molecule has 5 heteroatoms. The topological polar surface area (TPSA) is 55.8 Å². The second-order valence-electron chi connectivity index (χ2n) is 3.50. The molecule has 0 N–H and O–H groups in total. The van der Waals surface area contributed by atoms with Gasteiger partial charge in [-0.2, -0.15) is 0 Å². The Labute approximate surface area is 96.7 Å². The van der Waals surface area contributed by atoms with Crippen molar-refractivity contribution in [1.29, 1.82) is 0 Å². The van der Waals surface area contributed by atoms with Crippen LogP contribution in [0.2, 0.25) is 0 Å². The van der Waals surface area contributed by atoms with E-state index in [-0.39, 0.29) is 18.3 Å². The summed E-state index contributed by atoms with van der Waals surface area (Å²) in [7, 11) is 3.01. The SMILES string of the molecule is CCCOCCC(=O)N(C)CCC(=O)OC. The van der Waals surface area contributed by atoms with Gasteiger partial charge in [0.2, 0.25) is 5.91 Å². The molecule has 0 bridgehead atoms. The monoisotopic (exact) mass is 231 g/mol. The number of nitrogens with zero attached hydrogens (tertiary/aromatic N) is 1. The number of rotatable bonds is 8. The van der Waals surface area contributed by atoms with Gasteiger partial charge in [-0.15, -0.1) is 0 Å². The Kier molecular flexibility index (Phi) is 8.52. The van der Waals surface area contributed by atoms with Crippen molar-refractivity contribution in [2.75, 3.05) is 33.9 Å². The maximum atomic E-state index is 11.5. The van der Waals surface area contributed by atoms with Gasteiger partial charge in [0, 0.05) is 20.2 Å². The van der Waals surface area contributed by atoms with E-state index >= 15 is 0 Å². The Morgan fingerprint density at radius 2 is 1.88 bits per heavy atom. The van der Waals surface area contributed by atoms with E-state index in [9.17, 15) is 9.59 Å². The van der Waals surface area contributed by atoms with E-state index in [1.807, 2.05) is 6.92 Å². The second-order valence-corrected chi connectivity index (χ2v) is 3.50. The number of methoxy groups -OCH3 is 1. The first-order valence-corrected chi connectivity index (χ1v) is 5.50. The summed E-state index contributed by atoms with van der Waals surface area (Å²) >= 11 is 0. The van der Waals surface area contributed by atoms with Crippen LogP contribution in [0.15, 0.2) is 0 Å². The molecule has 0 aliphatic rings. The van der Waals surface area contributed by atoms with Crippen LogP contribution in [0.25, 0.3) is 0 Å². The molecule has 94 valence electrons.